The van der Waals surface area contributed by atoms with Crippen LogP contribution < -0.4 is 0 Å². The van der Waals surface area contributed by atoms with E-state index in [2.05, 4.69) is 32.4 Å². The van der Waals surface area contributed by atoms with Gasteiger partial charge < -0.3 is 0 Å². The molecule has 1 fully saturated rings. The fourth-order valence-corrected chi connectivity index (χ4v) is 6.57. The second kappa shape index (κ2) is 10.1. The first-order valence-corrected chi connectivity index (χ1v) is 14.5. The zero-order valence-electron chi connectivity index (χ0n) is 20.9. The molecule has 3 aromatic heterocycles. The second-order valence-corrected chi connectivity index (χ2v) is 11.9. The van der Waals surface area contributed by atoms with Crippen molar-refractivity contribution in [3.8, 4) is 27.6 Å². The SMILES string of the molecule is Clc1ccc(-c2c(Cn3cncn3)c(-c3nnc(C4(c5ccc(Cl)cc5)CC4)s3)nn2-c2ccccc2Cl)cc1. The number of hydrogen-bond donors (Lipinski definition) is 0. The third-order valence-electron chi connectivity index (χ3n) is 7.15. The minimum absolute atomic E-state index is 0.142. The lowest BCUT2D eigenvalue weighted by Crippen LogP contribution is -2.07. The summed E-state index contributed by atoms with van der Waals surface area (Å²) in [6.45, 7) is 0.426. The van der Waals surface area contributed by atoms with Crippen LogP contribution in [0.15, 0.2) is 85.5 Å². The monoisotopic (exact) mass is 603 g/mol. The van der Waals surface area contributed by atoms with E-state index in [1.165, 1.54) is 11.9 Å². The maximum Gasteiger partial charge on any atom is 0.168 e. The maximum atomic E-state index is 6.70. The molecule has 7 rings (SSSR count). The molecule has 198 valence electrons. The van der Waals surface area contributed by atoms with Gasteiger partial charge in [-0.05, 0) is 54.8 Å². The predicted molar refractivity (Wildman–Crippen MR) is 159 cm³/mol. The Morgan fingerprint density at radius 1 is 0.850 bits per heavy atom. The summed E-state index contributed by atoms with van der Waals surface area (Å²) in [7, 11) is 0. The van der Waals surface area contributed by atoms with Gasteiger partial charge in [-0.3, -0.25) is 0 Å². The van der Waals surface area contributed by atoms with E-state index < -0.39 is 0 Å². The molecule has 0 unspecified atom stereocenters. The molecular weight excluding hydrogens is 585 g/mol. The first kappa shape index (κ1) is 25.4. The summed E-state index contributed by atoms with van der Waals surface area (Å²) in [5, 5.41) is 22.5. The zero-order valence-corrected chi connectivity index (χ0v) is 24.0. The quantitative estimate of drug-likeness (QED) is 0.186. The van der Waals surface area contributed by atoms with Gasteiger partial charge in [0.15, 0.2) is 5.01 Å². The van der Waals surface area contributed by atoms with E-state index in [1.807, 2.05) is 65.3 Å². The van der Waals surface area contributed by atoms with Crippen molar-refractivity contribution in [1.29, 1.82) is 0 Å². The van der Waals surface area contributed by atoms with Crippen molar-refractivity contribution in [2.45, 2.75) is 24.8 Å². The number of halogens is 3. The van der Waals surface area contributed by atoms with E-state index in [4.69, 9.17) is 39.9 Å². The van der Waals surface area contributed by atoms with E-state index in [1.54, 1.807) is 22.3 Å². The fourth-order valence-electron chi connectivity index (χ4n) is 4.98. The van der Waals surface area contributed by atoms with Gasteiger partial charge in [-0.25, -0.2) is 14.3 Å². The van der Waals surface area contributed by atoms with Gasteiger partial charge in [0.25, 0.3) is 0 Å². The van der Waals surface area contributed by atoms with Crippen molar-refractivity contribution in [3.63, 3.8) is 0 Å². The Hall–Kier alpha value is -3.56. The molecule has 3 aromatic carbocycles. The van der Waals surface area contributed by atoms with E-state index in [0.717, 1.165) is 56.1 Å². The third kappa shape index (κ3) is 4.51. The highest BCUT2D eigenvalue weighted by Crippen LogP contribution is 2.55. The minimum Gasteiger partial charge on any atom is -0.248 e. The molecule has 3 heterocycles. The summed E-state index contributed by atoms with van der Waals surface area (Å²) in [5.74, 6) is 0. The second-order valence-electron chi connectivity index (χ2n) is 9.64. The van der Waals surface area contributed by atoms with Gasteiger partial charge in [-0.15, -0.1) is 10.2 Å². The van der Waals surface area contributed by atoms with Crippen LogP contribution >= 0.6 is 46.1 Å². The molecule has 7 nitrogen and oxygen atoms in total. The number of rotatable bonds is 7. The van der Waals surface area contributed by atoms with Crippen molar-refractivity contribution >= 4 is 46.1 Å². The summed E-state index contributed by atoms with van der Waals surface area (Å²) < 4.78 is 3.65. The first-order valence-electron chi connectivity index (χ1n) is 12.6. The van der Waals surface area contributed by atoms with Gasteiger partial charge in [-0.1, -0.05) is 82.5 Å². The van der Waals surface area contributed by atoms with Crippen LogP contribution in [-0.4, -0.2) is 34.7 Å². The Morgan fingerprint density at radius 2 is 1.57 bits per heavy atom. The lowest BCUT2D eigenvalue weighted by molar-refractivity contribution is 0.686. The van der Waals surface area contributed by atoms with E-state index >= 15 is 0 Å². The van der Waals surface area contributed by atoms with Crippen molar-refractivity contribution in [1.82, 2.24) is 34.7 Å². The number of aromatic nitrogens is 7. The number of hydrogen-bond acceptors (Lipinski definition) is 6. The van der Waals surface area contributed by atoms with Crippen LogP contribution in [0.2, 0.25) is 15.1 Å². The first-order chi connectivity index (χ1) is 19.5. The molecule has 40 heavy (non-hydrogen) atoms. The average molecular weight is 605 g/mol. The van der Waals surface area contributed by atoms with Gasteiger partial charge in [0.05, 0.1) is 22.9 Å². The van der Waals surface area contributed by atoms with Crippen LogP contribution in [-0.2, 0) is 12.0 Å². The number of benzene rings is 3. The fraction of sp³-hybridized carbons (Fsp3) is 0.138. The van der Waals surface area contributed by atoms with Gasteiger partial charge in [0, 0.05) is 26.6 Å². The van der Waals surface area contributed by atoms with Crippen molar-refractivity contribution in [3.05, 3.63) is 117 Å². The molecule has 0 atom stereocenters. The normalized spacial score (nSPS) is 14.0. The summed E-state index contributed by atoms with van der Waals surface area (Å²) in [6.07, 6.45) is 5.23. The minimum atomic E-state index is -0.142. The summed E-state index contributed by atoms with van der Waals surface area (Å²) in [6, 6.07) is 23.4. The van der Waals surface area contributed by atoms with E-state index in [9.17, 15) is 0 Å². The Morgan fingerprint density at radius 3 is 2.25 bits per heavy atom. The Balaban J connectivity index is 1.42. The molecule has 1 aliphatic rings. The largest absolute Gasteiger partial charge is 0.248 e. The molecule has 0 N–H and O–H groups in total. The van der Waals surface area contributed by atoms with E-state index in [-0.39, 0.29) is 5.41 Å². The highest BCUT2D eigenvalue weighted by Gasteiger charge is 2.49. The van der Waals surface area contributed by atoms with Crippen molar-refractivity contribution in [2.24, 2.45) is 0 Å². The summed E-state index contributed by atoms with van der Waals surface area (Å²) >= 11 is 20.7. The topological polar surface area (TPSA) is 74.3 Å². The molecule has 11 heteroatoms. The molecule has 0 amide bonds. The molecule has 0 spiro atoms. The van der Waals surface area contributed by atoms with Crippen LogP contribution in [0.5, 0.6) is 0 Å². The molecule has 0 saturated heterocycles. The molecule has 1 saturated carbocycles. The molecule has 0 aliphatic heterocycles. The molecule has 6 aromatic rings. The highest BCUT2D eigenvalue weighted by atomic mass is 35.5. The molecule has 0 bridgehead atoms. The van der Waals surface area contributed by atoms with Crippen LogP contribution in [0, 0.1) is 0 Å². The van der Waals surface area contributed by atoms with Crippen LogP contribution in [0.4, 0.5) is 0 Å². The third-order valence-corrected chi connectivity index (χ3v) is 9.11. The lowest BCUT2D eigenvalue weighted by Gasteiger charge is -2.12. The van der Waals surface area contributed by atoms with Crippen molar-refractivity contribution in [2.75, 3.05) is 0 Å². The van der Waals surface area contributed by atoms with Gasteiger partial charge in [0.1, 0.15) is 23.4 Å². The molecular formula is C29H20Cl3N7S. The van der Waals surface area contributed by atoms with Crippen molar-refractivity contribution < 1.29 is 0 Å². The summed E-state index contributed by atoms with van der Waals surface area (Å²) in [4.78, 5) is 4.15. The van der Waals surface area contributed by atoms with Crippen LogP contribution in [0.25, 0.3) is 27.6 Å². The summed E-state index contributed by atoms with van der Waals surface area (Å²) in [5.41, 5.74) is 5.25. The standard InChI is InChI=1S/C29H20Cl3N7S/c30-20-9-5-18(6-10-20)26-22(15-38-17-33-16-34-38)25(37-39(26)24-4-2-1-3-23(24)32)27-35-36-28(40-27)29(13-14-29)19-7-11-21(31)12-8-19/h1-12,16-17H,13-15H2. The average Bonchev–Trinajstić information content (AvgIpc) is 3.29. The zero-order chi connectivity index (χ0) is 27.3. The Labute approximate surface area is 249 Å². The predicted octanol–water partition coefficient (Wildman–Crippen LogP) is 7.74. The number of para-hydroxylation sites is 1. The smallest absolute Gasteiger partial charge is 0.168 e. The number of nitrogens with zero attached hydrogens (tertiary/aromatic N) is 7. The Bertz CT molecular complexity index is 1810. The van der Waals surface area contributed by atoms with Crippen LogP contribution in [0.3, 0.4) is 0 Å². The Kier molecular flexibility index (Phi) is 6.43. The highest BCUT2D eigenvalue weighted by molar-refractivity contribution is 7.14. The lowest BCUT2D eigenvalue weighted by atomic mass is 9.97. The van der Waals surface area contributed by atoms with Gasteiger partial charge >= 0.3 is 0 Å². The van der Waals surface area contributed by atoms with E-state index in [0.29, 0.717) is 16.6 Å². The van der Waals surface area contributed by atoms with Gasteiger partial charge in [0.2, 0.25) is 0 Å². The molecule has 1 aliphatic carbocycles. The molecule has 0 radical (unpaired) electrons. The van der Waals surface area contributed by atoms with Gasteiger partial charge in [-0.2, -0.15) is 10.2 Å². The maximum absolute atomic E-state index is 6.70. The van der Waals surface area contributed by atoms with Crippen LogP contribution in [0.1, 0.15) is 29.0 Å².